The van der Waals surface area contributed by atoms with E-state index in [0.717, 1.165) is 19.5 Å². The molecule has 27 heavy (non-hydrogen) atoms. The number of para-hydroxylation sites is 2. The van der Waals surface area contributed by atoms with Crippen molar-refractivity contribution in [2.75, 3.05) is 0 Å². The first-order valence-electron chi connectivity index (χ1n) is 9.80. The van der Waals surface area contributed by atoms with Gasteiger partial charge in [-0.05, 0) is 38.1 Å². The molecule has 0 atom stereocenters. The van der Waals surface area contributed by atoms with Crippen molar-refractivity contribution < 1.29 is 9.13 Å². The zero-order chi connectivity index (χ0) is 18.6. The molecule has 0 aliphatic carbocycles. The molecule has 0 amide bonds. The van der Waals surface area contributed by atoms with Crippen LogP contribution in [0.1, 0.15) is 25.2 Å². The highest BCUT2D eigenvalue weighted by Crippen LogP contribution is 2.13. The van der Waals surface area contributed by atoms with Gasteiger partial charge in [-0.15, -0.1) is 0 Å². The smallest absolute Gasteiger partial charge is 0.196 e. The van der Waals surface area contributed by atoms with Crippen molar-refractivity contribution in [2.24, 2.45) is 0 Å². The van der Waals surface area contributed by atoms with E-state index in [1.807, 2.05) is 0 Å². The molecule has 0 unspecified atom stereocenters. The van der Waals surface area contributed by atoms with Gasteiger partial charge in [-0.2, -0.15) is 9.13 Å². The first-order valence-corrected chi connectivity index (χ1v) is 9.80. The van der Waals surface area contributed by atoms with Crippen LogP contribution in [0.15, 0.2) is 78.9 Å². The Morgan fingerprint density at radius 1 is 0.667 bits per heavy atom. The van der Waals surface area contributed by atoms with Crippen molar-refractivity contribution in [3.8, 4) is 0 Å². The number of nitrogens with zero attached hydrogens (tertiary/aromatic N) is 2. The Hall–Kier alpha value is -3.00. The number of aromatic nitrogens is 2. The quantitative estimate of drug-likeness (QED) is 0.452. The van der Waals surface area contributed by atoms with Crippen molar-refractivity contribution >= 4 is 27.9 Å². The highest BCUT2D eigenvalue weighted by molar-refractivity contribution is 5.76. The average molecular weight is 354 g/mol. The fraction of sp³-hybridized carbons (Fsp3) is 0.200. The predicted molar refractivity (Wildman–Crippen MR) is 112 cm³/mol. The summed E-state index contributed by atoms with van der Waals surface area (Å²) in [7, 11) is 0. The van der Waals surface area contributed by atoms with Crippen LogP contribution in [0.2, 0.25) is 0 Å². The van der Waals surface area contributed by atoms with Crippen molar-refractivity contribution in [2.45, 2.75) is 33.4 Å². The van der Waals surface area contributed by atoms with E-state index in [-0.39, 0.29) is 0 Å². The molecular weight excluding hydrogens is 328 g/mol. The van der Waals surface area contributed by atoms with E-state index in [1.165, 1.54) is 33.2 Å². The number of allylic oxidation sites excluding steroid dienone is 1. The van der Waals surface area contributed by atoms with Crippen LogP contribution in [0.25, 0.3) is 27.9 Å². The van der Waals surface area contributed by atoms with Crippen LogP contribution >= 0.6 is 0 Å². The van der Waals surface area contributed by atoms with Crippen LogP contribution in [0.5, 0.6) is 0 Å². The SMILES string of the molecule is CC[n+]1c(C=CCc2ccc3ccccc3[n+]2CC)ccc2ccccc21. The van der Waals surface area contributed by atoms with E-state index in [4.69, 9.17) is 0 Å². The topological polar surface area (TPSA) is 7.76 Å². The predicted octanol–water partition coefficient (Wildman–Crippen LogP) is 4.86. The number of hydrogen-bond acceptors (Lipinski definition) is 0. The van der Waals surface area contributed by atoms with Crippen LogP contribution < -0.4 is 9.13 Å². The fourth-order valence-electron chi connectivity index (χ4n) is 3.93. The summed E-state index contributed by atoms with van der Waals surface area (Å²) >= 11 is 0. The lowest BCUT2D eigenvalue weighted by molar-refractivity contribution is -0.674. The molecule has 0 bridgehead atoms. The van der Waals surface area contributed by atoms with E-state index in [9.17, 15) is 0 Å². The average Bonchev–Trinajstić information content (AvgIpc) is 2.73. The third kappa shape index (κ3) is 3.35. The number of benzene rings is 2. The third-order valence-corrected chi connectivity index (χ3v) is 5.25. The zero-order valence-corrected chi connectivity index (χ0v) is 16.1. The lowest BCUT2D eigenvalue weighted by Crippen LogP contribution is -2.38. The van der Waals surface area contributed by atoms with Gasteiger partial charge < -0.3 is 0 Å². The summed E-state index contributed by atoms with van der Waals surface area (Å²) in [6, 6.07) is 26.1. The van der Waals surface area contributed by atoms with Gasteiger partial charge in [-0.3, -0.25) is 0 Å². The molecule has 0 fully saturated rings. The van der Waals surface area contributed by atoms with E-state index < -0.39 is 0 Å². The van der Waals surface area contributed by atoms with Crippen LogP contribution in [0.4, 0.5) is 0 Å². The number of aryl methyl sites for hydroxylation is 2. The molecule has 0 saturated carbocycles. The van der Waals surface area contributed by atoms with E-state index in [0.29, 0.717) is 0 Å². The normalized spacial score (nSPS) is 11.6. The number of fused-ring (bicyclic) bond motifs is 2. The second-order valence-electron chi connectivity index (χ2n) is 6.80. The molecular formula is C25H26N2+2. The van der Waals surface area contributed by atoms with Crippen LogP contribution in [-0.4, -0.2) is 0 Å². The molecule has 2 aromatic heterocycles. The van der Waals surface area contributed by atoms with Gasteiger partial charge in [0.1, 0.15) is 13.1 Å². The van der Waals surface area contributed by atoms with Gasteiger partial charge >= 0.3 is 0 Å². The maximum atomic E-state index is 2.41. The van der Waals surface area contributed by atoms with Gasteiger partial charge in [0.15, 0.2) is 5.69 Å². The molecule has 2 heterocycles. The molecule has 0 spiro atoms. The molecule has 2 nitrogen and oxygen atoms in total. The van der Waals surface area contributed by atoms with Gasteiger partial charge in [0.05, 0.1) is 6.42 Å². The Morgan fingerprint density at radius 2 is 1.26 bits per heavy atom. The van der Waals surface area contributed by atoms with Crippen LogP contribution in [0.3, 0.4) is 0 Å². The molecule has 2 aromatic carbocycles. The van der Waals surface area contributed by atoms with E-state index in [1.54, 1.807) is 0 Å². The third-order valence-electron chi connectivity index (χ3n) is 5.25. The van der Waals surface area contributed by atoms with Gasteiger partial charge in [0.2, 0.25) is 16.7 Å². The van der Waals surface area contributed by atoms with Gasteiger partial charge in [0, 0.05) is 41.1 Å². The minimum atomic E-state index is 0.926. The molecule has 2 heteroatoms. The van der Waals surface area contributed by atoms with Crippen molar-refractivity contribution in [3.05, 3.63) is 90.3 Å². The monoisotopic (exact) mass is 354 g/mol. The lowest BCUT2D eigenvalue weighted by Gasteiger charge is -2.04. The van der Waals surface area contributed by atoms with Crippen molar-refractivity contribution in [1.82, 2.24) is 0 Å². The lowest BCUT2D eigenvalue weighted by atomic mass is 10.1. The maximum absolute atomic E-state index is 2.41. The Balaban J connectivity index is 1.67. The number of rotatable bonds is 5. The molecule has 0 aliphatic rings. The van der Waals surface area contributed by atoms with Crippen LogP contribution in [-0.2, 0) is 19.5 Å². The van der Waals surface area contributed by atoms with E-state index in [2.05, 4.69) is 108 Å². The summed E-state index contributed by atoms with van der Waals surface area (Å²) in [6.07, 6.45) is 5.47. The Bertz CT molecular complexity index is 1130. The summed E-state index contributed by atoms with van der Waals surface area (Å²) in [5.74, 6) is 0. The second-order valence-corrected chi connectivity index (χ2v) is 6.80. The molecule has 0 saturated heterocycles. The zero-order valence-electron chi connectivity index (χ0n) is 16.1. The molecule has 0 aliphatic heterocycles. The molecule has 0 radical (unpaired) electrons. The fourth-order valence-corrected chi connectivity index (χ4v) is 3.93. The Labute approximate surface area is 161 Å². The standard InChI is InChI=1S/C25H26N2/c1-3-26-22(18-16-20-10-5-7-14-24(20)26)12-9-13-23-19-17-21-11-6-8-15-25(21)27(23)4-2/h5-12,14-19H,3-4,13H2,1-2H3/q+2. The molecule has 134 valence electrons. The maximum Gasteiger partial charge on any atom is 0.212 e. The van der Waals surface area contributed by atoms with Crippen molar-refractivity contribution in [1.29, 1.82) is 0 Å². The second kappa shape index (κ2) is 7.71. The summed E-state index contributed by atoms with van der Waals surface area (Å²) < 4.78 is 4.79. The van der Waals surface area contributed by atoms with Gasteiger partial charge in [0.25, 0.3) is 0 Å². The highest BCUT2D eigenvalue weighted by atomic mass is 15.0. The summed E-state index contributed by atoms with van der Waals surface area (Å²) in [5, 5.41) is 2.58. The number of pyridine rings is 2. The van der Waals surface area contributed by atoms with Crippen molar-refractivity contribution in [3.63, 3.8) is 0 Å². The summed E-state index contributed by atoms with van der Waals surface area (Å²) in [4.78, 5) is 0. The highest BCUT2D eigenvalue weighted by Gasteiger charge is 2.14. The number of hydrogen-bond donors (Lipinski definition) is 0. The first kappa shape index (κ1) is 17.4. The molecule has 4 aromatic rings. The summed E-state index contributed by atoms with van der Waals surface area (Å²) in [5.41, 5.74) is 5.19. The molecule has 4 rings (SSSR count). The largest absolute Gasteiger partial charge is 0.212 e. The minimum absolute atomic E-state index is 0.926. The van der Waals surface area contributed by atoms with Gasteiger partial charge in [-0.1, -0.05) is 30.3 Å². The Morgan fingerprint density at radius 3 is 1.93 bits per heavy atom. The van der Waals surface area contributed by atoms with E-state index >= 15 is 0 Å². The minimum Gasteiger partial charge on any atom is -0.196 e. The van der Waals surface area contributed by atoms with Crippen LogP contribution in [0, 0.1) is 0 Å². The molecule has 0 N–H and O–H groups in total. The van der Waals surface area contributed by atoms with Gasteiger partial charge in [-0.25, -0.2) is 0 Å². The first-order chi connectivity index (χ1) is 13.3. The Kier molecular flexibility index (Phi) is 4.97. The summed E-state index contributed by atoms with van der Waals surface area (Å²) in [6.45, 7) is 6.37.